The van der Waals surface area contributed by atoms with E-state index in [-0.39, 0.29) is 6.10 Å². The Hall–Kier alpha value is -1.94. The van der Waals surface area contributed by atoms with E-state index in [1.165, 1.54) is 0 Å². The molecule has 0 aliphatic rings. The van der Waals surface area contributed by atoms with Crippen molar-refractivity contribution >= 4 is 0 Å². The summed E-state index contributed by atoms with van der Waals surface area (Å²) >= 11 is 0. The van der Waals surface area contributed by atoms with E-state index in [9.17, 15) is 0 Å². The summed E-state index contributed by atoms with van der Waals surface area (Å²) in [5.41, 5.74) is 0. The summed E-state index contributed by atoms with van der Waals surface area (Å²) in [5.74, 6) is 2.58. The van der Waals surface area contributed by atoms with Crippen LogP contribution in [0.15, 0.2) is 47.1 Å². The number of furan rings is 1. The second-order valence-corrected chi connectivity index (χ2v) is 4.82. The number of nitrogens with two attached hydrogens (primary N) is 1. The predicted molar refractivity (Wildman–Crippen MR) is 76.9 cm³/mol. The van der Waals surface area contributed by atoms with Crippen LogP contribution in [0.3, 0.4) is 0 Å². The molecule has 4 nitrogen and oxygen atoms in total. The molecule has 2 N–H and O–H groups in total. The van der Waals surface area contributed by atoms with Gasteiger partial charge in [-0.2, -0.15) is 0 Å². The lowest BCUT2D eigenvalue weighted by Crippen LogP contribution is -2.83. The van der Waals surface area contributed by atoms with Crippen LogP contribution in [-0.4, -0.2) is 19.3 Å². The first kappa shape index (κ1) is 14.5. The molecule has 0 atom stereocenters. The quantitative estimate of drug-likeness (QED) is 0.752. The number of hydrogen-bond donors (Lipinski definition) is 1. The van der Waals surface area contributed by atoms with Gasteiger partial charge in [0.15, 0.2) is 17.3 Å². The largest absolute Gasteiger partial charge is 0.487 e. The van der Waals surface area contributed by atoms with Crippen LogP contribution in [0.4, 0.5) is 0 Å². The predicted octanol–water partition coefficient (Wildman–Crippen LogP) is 2.21. The maximum atomic E-state index is 5.77. The first-order valence-corrected chi connectivity index (χ1v) is 6.98. The molecule has 0 unspecified atom stereocenters. The van der Waals surface area contributed by atoms with Crippen LogP contribution in [0.2, 0.25) is 0 Å². The van der Waals surface area contributed by atoms with E-state index in [1.807, 2.05) is 50.2 Å². The molecule has 2 aromatic rings. The van der Waals surface area contributed by atoms with E-state index < -0.39 is 0 Å². The Balaban J connectivity index is 1.73. The molecule has 108 valence electrons. The van der Waals surface area contributed by atoms with Crippen LogP contribution >= 0.6 is 0 Å². The van der Waals surface area contributed by atoms with Crippen molar-refractivity contribution < 1.29 is 19.2 Å². The van der Waals surface area contributed by atoms with Gasteiger partial charge >= 0.3 is 0 Å². The number of para-hydroxylation sites is 2. The van der Waals surface area contributed by atoms with Gasteiger partial charge in [-0.15, -0.1) is 0 Å². The number of ether oxygens (including phenoxy) is 2. The van der Waals surface area contributed by atoms with Crippen molar-refractivity contribution in [1.29, 1.82) is 0 Å². The van der Waals surface area contributed by atoms with Crippen molar-refractivity contribution in [1.82, 2.24) is 0 Å². The average Bonchev–Trinajstić information content (AvgIpc) is 2.93. The average molecular weight is 276 g/mol. The second kappa shape index (κ2) is 7.60. The van der Waals surface area contributed by atoms with Gasteiger partial charge in [-0.25, -0.2) is 0 Å². The zero-order chi connectivity index (χ0) is 14.2. The molecule has 20 heavy (non-hydrogen) atoms. The van der Waals surface area contributed by atoms with Crippen molar-refractivity contribution in [3.8, 4) is 11.5 Å². The Bertz CT molecular complexity index is 494. The van der Waals surface area contributed by atoms with Crippen LogP contribution in [0.5, 0.6) is 11.5 Å². The highest BCUT2D eigenvalue weighted by molar-refractivity contribution is 5.39. The third kappa shape index (κ3) is 4.63. The molecule has 1 heterocycles. The van der Waals surface area contributed by atoms with Crippen molar-refractivity contribution in [3.05, 3.63) is 48.4 Å². The Morgan fingerprint density at radius 3 is 2.60 bits per heavy atom. The van der Waals surface area contributed by atoms with Crippen LogP contribution in [0.25, 0.3) is 0 Å². The summed E-state index contributed by atoms with van der Waals surface area (Å²) in [6, 6.07) is 11.6. The molecule has 0 aliphatic carbocycles. The van der Waals surface area contributed by atoms with E-state index >= 15 is 0 Å². The van der Waals surface area contributed by atoms with Gasteiger partial charge in [0.1, 0.15) is 19.7 Å². The summed E-state index contributed by atoms with van der Waals surface area (Å²) in [6.45, 7) is 6.36. The Labute approximate surface area is 119 Å². The van der Waals surface area contributed by atoms with E-state index in [2.05, 4.69) is 5.32 Å². The molecule has 0 saturated heterocycles. The van der Waals surface area contributed by atoms with Crippen LogP contribution in [-0.2, 0) is 6.54 Å². The molecule has 1 aromatic heterocycles. The summed E-state index contributed by atoms with van der Waals surface area (Å²) in [5, 5.41) is 2.16. The molecule has 0 amide bonds. The van der Waals surface area contributed by atoms with Crippen molar-refractivity contribution in [3.63, 3.8) is 0 Å². The minimum Gasteiger partial charge on any atom is -0.487 e. The molecule has 0 spiro atoms. The fraction of sp³-hybridized carbons (Fsp3) is 0.375. The third-order valence-electron chi connectivity index (χ3n) is 2.72. The number of quaternary nitrogens is 1. The second-order valence-electron chi connectivity index (χ2n) is 4.82. The highest BCUT2D eigenvalue weighted by Gasteiger charge is 2.06. The zero-order valence-electron chi connectivity index (χ0n) is 12.0. The zero-order valence-corrected chi connectivity index (χ0v) is 12.0. The minimum absolute atomic E-state index is 0.144. The number of rotatable bonds is 8. The Kier molecular flexibility index (Phi) is 5.50. The Morgan fingerprint density at radius 2 is 1.90 bits per heavy atom. The van der Waals surface area contributed by atoms with Crippen molar-refractivity contribution in [2.75, 3.05) is 13.2 Å². The summed E-state index contributed by atoms with van der Waals surface area (Å²) in [7, 11) is 0. The van der Waals surface area contributed by atoms with Gasteiger partial charge in [0, 0.05) is 0 Å². The third-order valence-corrected chi connectivity index (χ3v) is 2.72. The molecular weight excluding hydrogens is 254 g/mol. The minimum atomic E-state index is 0.144. The van der Waals surface area contributed by atoms with Gasteiger partial charge in [-0.1, -0.05) is 12.1 Å². The first-order valence-electron chi connectivity index (χ1n) is 6.98. The topological polar surface area (TPSA) is 48.2 Å². The fourth-order valence-corrected chi connectivity index (χ4v) is 1.85. The molecule has 0 aliphatic heterocycles. The van der Waals surface area contributed by atoms with E-state index in [0.29, 0.717) is 6.61 Å². The standard InChI is InChI=1S/C16H21NO3/c1-13(2)20-16-8-4-3-7-15(16)19-11-9-17-12-14-6-5-10-18-14/h3-8,10,13,17H,9,11-12H2,1-2H3/p+1. The van der Waals surface area contributed by atoms with Crippen LogP contribution < -0.4 is 14.8 Å². The molecule has 0 fully saturated rings. The van der Waals surface area contributed by atoms with Gasteiger partial charge in [-0.3, -0.25) is 0 Å². The van der Waals surface area contributed by atoms with Crippen LogP contribution in [0.1, 0.15) is 19.6 Å². The SMILES string of the molecule is CC(C)Oc1ccccc1OCC[NH2+]Cc1ccco1. The van der Waals surface area contributed by atoms with Gasteiger partial charge in [0.25, 0.3) is 0 Å². The smallest absolute Gasteiger partial charge is 0.161 e. The highest BCUT2D eigenvalue weighted by atomic mass is 16.5. The summed E-state index contributed by atoms with van der Waals surface area (Å²) in [6.07, 6.45) is 1.84. The Morgan fingerprint density at radius 1 is 1.10 bits per heavy atom. The van der Waals surface area contributed by atoms with Gasteiger partial charge < -0.3 is 19.2 Å². The lowest BCUT2D eigenvalue weighted by Gasteiger charge is -2.14. The van der Waals surface area contributed by atoms with E-state index in [0.717, 1.165) is 30.3 Å². The lowest BCUT2D eigenvalue weighted by atomic mass is 10.3. The fourth-order valence-electron chi connectivity index (χ4n) is 1.85. The van der Waals surface area contributed by atoms with Crippen LogP contribution in [0, 0.1) is 0 Å². The molecule has 0 saturated carbocycles. The highest BCUT2D eigenvalue weighted by Crippen LogP contribution is 2.27. The van der Waals surface area contributed by atoms with E-state index in [1.54, 1.807) is 6.26 Å². The number of hydrogen-bond acceptors (Lipinski definition) is 3. The van der Waals surface area contributed by atoms with Gasteiger partial charge in [0.05, 0.1) is 12.4 Å². The monoisotopic (exact) mass is 276 g/mol. The molecule has 0 radical (unpaired) electrons. The molecule has 4 heteroatoms. The summed E-state index contributed by atoms with van der Waals surface area (Å²) < 4.78 is 16.8. The molecule has 0 bridgehead atoms. The molecular formula is C16H22NO3+. The van der Waals surface area contributed by atoms with Crippen molar-refractivity contribution in [2.24, 2.45) is 0 Å². The van der Waals surface area contributed by atoms with Gasteiger partial charge in [0.2, 0.25) is 0 Å². The molecule has 2 rings (SSSR count). The van der Waals surface area contributed by atoms with E-state index in [4.69, 9.17) is 13.9 Å². The number of benzene rings is 1. The maximum absolute atomic E-state index is 5.77. The van der Waals surface area contributed by atoms with Gasteiger partial charge in [-0.05, 0) is 38.1 Å². The lowest BCUT2D eigenvalue weighted by molar-refractivity contribution is -0.672. The molecule has 1 aromatic carbocycles. The first-order chi connectivity index (χ1) is 9.75. The van der Waals surface area contributed by atoms with Crippen molar-refractivity contribution in [2.45, 2.75) is 26.5 Å². The normalized spacial score (nSPS) is 10.8. The maximum Gasteiger partial charge on any atom is 0.161 e. The summed E-state index contributed by atoms with van der Waals surface area (Å²) in [4.78, 5) is 0.